The molecule has 18 heavy (non-hydrogen) atoms. The number of benzene rings is 1. The van der Waals surface area contributed by atoms with E-state index < -0.39 is 20.2 Å². The van der Waals surface area contributed by atoms with Crippen LogP contribution in [-0.2, 0) is 33.1 Å². The second-order valence-electron chi connectivity index (χ2n) is 3.93. The van der Waals surface area contributed by atoms with Crippen LogP contribution in [0.15, 0.2) is 34.1 Å². The fourth-order valence-electron chi connectivity index (χ4n) is 1.81. The molecule has 0 unspecified atom stereocenters. The second kappa shape index (κ2) is 4.16. The van der Waals surface area contributed by atoms with Gasteiger partial charge >= 0.3 is 0 Å². The molecule has 0 atom stereocenters. The smallest absolute Gasteiger partial charge is 0.282 e. The van der Waals surface area contributed by atoms with Gasteiger partial charge in [0.25, 0.3) is 20.2 Å². The predicted molar refractivity (Wildman–Crippen MR) is 63.3 cm³/mol. The van der Waals surface area contributed by atoms with Crippen molar-refractivity contribution in [3.63, 3.8) is 0 Å². The lowest BCUT2D eigenvalue weighted by Gasteiger charge is -2.15. The minimum absolute atomic E-state index is 0.0138. The Morgan fingerprint density at radius 3 is 2.17 bits per heavy atom. The Morgan fingerprint density at radius 2 is 1.61 bits per heavy atom. The SMILES string of the molecule is O=S(=O)(O)C1=CCc2cc(S(=O)(=O)O)ccc2C1. The summed E-state index contributed by atoms with van der Waals surface area (Å²) in [5.74, 6) is 0. The minimum Gasteiger partial charge on any atom is -0.282 e. The Bertz CT molecular complexity index is 728. The molecule has 1 aliphatic carbocycles. The third-order valence-electron chi connectivity index (χ3n) is 2.72. The molecule has 0 bridgehead atoms. The molecule has 2 rings (SSSR count). The summed E-state index contributed by atoms with van der Waals surface area (Å²) in [7, 11) is -8.48. The van der Waals surface area contributed by atoms with Crippen LogP contribution in [0.25, 0.3) is 0 Å². The molecule has 98 valence electrons. The molecule has 0 fully saturated rings. The number of rotatable bonds is 2. The molecule has 0 aliphatic heterocycles. The summed E-state index contributed by atoms with van der Waals surface area (Å²) in [6, 6.07) is 3.92. The number of hydrogen-bond donors (Lipinski definition) is 2. The maximum Gasteiger partial charge on any atom is 0.294 e. The molecule has 0 spiro atoms. The van der Waals surface area contributed by atoms with E-state index in [1.54, 1.807) is 0 Å². The van der Waals surface area contributed by atoms with E-state index in [2.05, 4.69) is 0 Å². The highest BCUT2D eigenvalue weighted by Crippen LogP contribution is 2.26. The first-order valence-corrected chi connectivity index (χ1v) is 7.82. The molecule has 1 aromatic rings. The third kappa shape index (κ3) is 2.61. The molecule has 0 heterocycles. The molecule has 0 saturated carbocycles. The van der Waals surface area contributed by atoms with E-state index in [1.807, 2.05) is 0 Å². The number of hydrogen-bond acceptors (Lipinski definition) is 4. The van der Waals surface area contributed by atoms with Gasteiger partial charge in [0, 0.05) is 6.42 Å². The van der Waals surface area contributed by atoms with Gasteiger partial charge in [-0.15, -0.1) is 0 Å². The zero-order valence-electron chi connectivity index (χ0n) is 9.07. The van der Waals surface area contributed by atoms with Crippen LogP contribution >= 0.6 is 0 Å². The van der Waals surface area contributed by atoms with Crippen molar-refractivity contribution < 1.29 is 25.9 Å². The van der Waals surface area contributed by atoms with Gasteiger partial charge in [-0.05, 0) is 29.7 Å². The van der Waals surface area contributed by atoms with Crippen molar-refractivity contribution in [3.8, 4) is 0 Å². The van der Waals surface area contributed by atoms with Crippen molar-refractivity contribution in [1.29, 1.82) is 0 Å². The average molecular weight is 290 g/mol. The second-order valence-corrected chi connectivity index (χ2v) is 6.83. The fraction of sp³-hybridized carbons (Fsp3) is 0.200. The Hall–Kier alpha value is -1.22. The minimum atomic E-state index is -4.27. The van der Waals surface area contributed by atoms with Crippen LogP contribution in [0.5, 0.6) is 0 Å². The summed E-state index contributed by atoms with van der Waals surface area (Å²) in [4.78, 5) is -0.334. The van der Waals surface area contributed by atoms with Gasteiger partial charge in [-0.25, -0.2) is 0 Å². The highest BCUT2D eigenvalue weighted by atomic mass is 32.2. The van der Waals surface area contributed by atoms with Crippen molar-refractivity contribution in [2.75, 3.05) is 0 Å². The van der Waals surface area contributed by atoms with E-state index in [-0.39, 0.29) is 22.6 Å². The largest absolute Gasteiger partial charge is 0.294 e. The molecule has 6 nitrogen and oxygen atoms in total. The first kappa shape index (κ1) is 13.2. The van der Waals surface area contributed by atoms with Gasteiger partial charge in [-0.2, -0.15) is 16.8 Å². The monoisotopic (exact) mass is 290 g/mol. The van der Waals surface area contributed by atoms with E-state index in [0.29, 0.717) is 11.1 Å². The summed E-state index contributed by atoms with van der Waals surface area (Å²) in [5, 5.41) is 0. The van der Waals surface area contributed by atoms with Crippen LogP contribution < -0.4 is 0 Å². The number of allylic oxidation sites excluding steroid dienone is 2. The van der Waals surface area contributed by atoms with E-state index in [9.17, 15) is 16.8 Å². The predicted octanol–water partition coefficient (Wildman–Crippen LogP) is 0.804. The third-order valence-corrected chi connectivity index (χ3v) is 4.54. The normalized spacial score (nSPS) is 16.0. The summed E-state index contributed by atoms with van der Waals surface area (Å²) in [6.07, 6.45) is 1.53. The molecular weight excluding hydrogens is 280 g/mol. The van der Waals surface area contributed by atoms with Gasteiger partial charge in [0.2, 0.25) is 0 Å². The quantitative estimate of drug-likeness (QED) is 0.780. The van der Waals surface area contributed by atoms with E-state index in [0.717, 1.165) is 0 Å². The topological polar surface area (TPSA) is 109 Å². The lowest BCUT2D eigenvalue weighted by atomic mass is 9.97. The van der Waals surface area contributed by atoms with E-state index >= 15 is 0 Å². The van der Waals surface area contributed by atoms with E-state index in [4.69, 9.17) is 9.11 Å². The van der Waals surface area contributed by atoms with Gasteiger partial charge in [0.15, 0.2) is 0 Å². The Labute approximate surface area is 104 Å². The fourth-order valence-corrected chi connectivity index (χ4v) is 2.97. The van der Waals surface area contributed by atoms with Crippen molar-refractivity contribution >= 4 is 20.2 Å². The molecule has 0 amide bonds. The molecule has 1 aliphatic rings. The zero-order valence-corrected chi connectivity index (χ0v) is 10.7. The molecular formula is C10H10O6S2. The Balaban J connectivity index is 2.44. The lowest BCUT2D eigenvalue weighted by molar-refractivity contribution is 0.482. The zero-order chi connectivity index (χ0) is 13.6. The van der Waals surface area contributed by atoms with Crippen LogP contribution in [0.4, 0.5) is 0 Å². The standard InChI is InChI=1S/C10H10O6S2/c11-17(12,13)9-3-1-7-5-10(18(14,15)16)4-2-8(7)6-9/h1,3-4,6H,2,5H2,(H,11,12,13)(H,14,15,16). The van der Waals surface area contributed by atoms with Gasteiger partial charge in [-0.1, -0.05) is 12.1 Å². The molecule has 0 aromatic heterocycles. The van der Waals surface area contributed by atoms with Crippen LogP contribution in [0, 0.1) is 0 Å². The molecule has 0 saturated heterocycles. The van der Waals surface area contributed by atoms with Crippen molar-refractivity contribution in [2.45, 2.75) is 17.7 Å². The van der Waals surface area contributed by atoms with Crippen LogP contribution in [0.3, 0.4) is 0 Å². The summed E-state index contributed by atoms with van der Waals surface area (Å²) >= 11 is 0. The number of fused-ring (bicyclic) bond motifs is 1. The van der Waals surface area contributed by atoms with Gasteiger partial charge in [-0.3, -0.25) is 9.11 Å². The first-order chi connectivity index (χ1) is 8.18. The van der Waals surface area contributed by atoms with Crippen LogP contribution in [0.2, 0.25) is 0 Å². The Morgan fingerprint density at radius 1 is 0.944 bits per heavy atom. The van der Waals surface area contributed by atoms with Crippen molar-refractivity contribution in [1.82, 2.24) is 0 Å². The van der Waals surface area contributed by atoms with E-state index in [1.165, 1.54) is 24.3 Å². The van der Waals surface area contributed by atoms with Crippen molar-refractivity contribution in [2.24, 2.45) is 0 Å². The maximum absolute atomic E-state index is 11.0. The summed E-state index contributed by atoms with van der Waals surface area (Å²) in [6.45, 7) is 0. The highest BCUT2D eigenvalue weighted by molar-refractivity contribution is 7.89. The lowest BCUT2D eigenvalue weighted by Crippen LogP contribution is -2.12. The molecule has 1 aromatic carbocycles. The van der Waals surface area contributed by atoms with Crippen LogP contribution in [0.1, 0.15) is 11.1 Å². The van der Waals surface area contributed by atoms with Gasteiger partial charge in [0.1, 0.15) is 0 Å². The highest BCUT2D eigenvalue weighted by Gasteiger charge is 2.21. The molecule has 8 heteroatoms. The molecule has 2 N–H and O–H groups in total. The van der Waals surface area contributed by atoms with Crippen molar-refractivity contribution in [3.05, 3.63) is 40.3 Å². The van der Waals surface area contributed by atoms with Gasteiger partial charge in [0.05, 0.1) is 9.80 Å². The maximum atomic E-state index is 11.0. The summed E-state index contributed by atoms with van der Waals surface area (Å²) in [5.41, 5.74) is 1.22. The van der Waals surface area contributed by atoms with Crippen LogP contribution in [-0.4, -0.2) is 25.9 Å². The summed E-state index contributed by atoms with van der Waals surface area (Å²) < 4.78 is 61.7. The average Bonchev–Trinajstić information content (AvgIpc) is 2.25. The molecule has 0 radical (unpaired) electrons. The first-order valence-electron chi connectivity index (χ1n) is 4.94. The Kier molecular flexibility index (Phi) is 3.06. The van der Waals surface area contributed by atoms with Gasteiger partial charge < -0.3 is 0 Å².